The smallest absolute Gasteiger partial charge is 0.338 e. The number of quaternary nitrogens is 1. The third kappa shape index (κ3) is 4.83. The van der Waals surface area contributed by atoms with Crippen LogP contribution in [-0.2, 0) is 27.1 Å². The van der Waals surface area contributed by atoms with Crippen LogP contribution in [-0.4, -0.2) is 77.9 Å². The average Bonchev–Trinajstić information content (AvgIpc) is 3.36. The van der Waals surface area contributed by atoms with E-state index >= 15 is 4.39 Å². The van der Waals surface area contributed by atoms with Gasteiger partial charge >= 0.3 is 5.97 Å². The Bertz CT molecular complexity index is 1350. The molecule has 12 heteroatoms. The van der Waals surface area contributed by atoms with Crippen molar-refractivity contribution < 1.29 is 28.8 Å². The standard InChI is InChI=1S/C27H30FN7O4/c1-15-10-21-19(27(37)39-15)2-3-20(25(21)28)23-12-34-8-9-35(11-16(34)13-38-23)26(36)18-4-6-22-17(18)5-7-24(32-22)30-14-31-33-29/h2-3,5,7,14-16,18,23H,4,6,8-13H2,1H3,(H2,29,30,31,32)/p+1/t15-,16?,18?,23-/m0/s1. The van der Waals surface area contributed by atoms with Gasteiger partial charge in [0.2, 0.25) is 18.1 Å². The second-order valence-electron chi connectivity index (χ2n) is 10.6. The number of cyclic esters (lactones) is 1. The second-order valence-corrected chi connectivity index (χ2v) is 10.6. The van der Waals surface area contributed by atoms with Gasteiger partial charge in [-0.1, -0.05) is 11.2 Å². The minimum absolute atomic E-state index is 0.0485. The van der Waals surface area contributed by atoms with Gasteiger partial charge in [-0.05, 0) is 42.7 Å². The van der Waals surface area contributed by atoms with E-state index in [0.29, 0.717) is 55.9 Å². The minimum atomic E-state index is -0.481. The molecule has 0 radical (unpaired) electrons. The van der Waals surface area contributed by atoms with E-state index in [9.17, 15) is 9.59 Å². The molecule has 1 aromatic heterocycles. The number of ether oxygens (including phenoxy) is 2. The van der Waals surface area contributed by atoms with Crippen LogP contribution in [0.2, 0.25) is 0 Å². The number of carbonyl (C=O) groups excluding carboxylic acids is 2. The Morgan fingerprint density at radius 1 is 1.23 bits per heavy atom. The molecule has 2 saturated heterocycles. The number of benzene rings is 1. The number of halogens is 1. The first-order valence-electron chi connectivity index (χ1n) is 13.3. The first kappa shape index (κ1) is 25.7. The van der Waals surface area contributed by atoms with Crippen LogP contribution in [0.3, 0.4) is 0 Å². The van der Waals surface area contributed by atoms with Crippen molar-refractivity contribution in [2.24, 2.45) is 10.3 Å². The molecule has 1 aromatic carbocycles. The molecule has 3 aliphatic heterocycles. The summed E-state index contributed by atoms with van der Waals surface area (Å²) < 4.78 is 26.9. The average molecular weight is 537 g/mol. The zero-order valence-electron chi connectivity index (χ0n) is 21.7. The van der Waals surface area contributed by atoms with Crippen LogP contribution in [0.25, 0.3) is 0 Å². The predicted molar refractivity (Wildman–Crippen MR) is 136 cm³/mol. The van der Waals surface area contributed by atoms with Gasteiger partial charge in [0.15, 0.2) is 0 Å². The van der Waals surface area contributed by atoms with E-state index in [2.05, 4.69) is 20.2 Å². The zero-order chi connectivity index (χ0) is 27.1. The van der Waals surface area contributed by atoms with Gasteiger partial charge in [0.25, 0.3) is 0 Å². The van der Waals surface area contributed by atoms with Crippen LogP contribution in [0.4, 0.5) is 10.2 Å². The highest BCUT2D eigenvalue weighted by Crippen LogP contribution is 2.36. The summed E-state index contributed by atoms with van der Waals surface area (Å²) >= 11 is 0. The van der Waals surface area contributed by atoms with E-state index in [0.717, 1.165) is 29.9 Å². The van der Waals surface area contributed by atoms with E-state index in [1.807, 2.05) is 17.0 Å². The van der Waals surface area contributed by atoms with Gasteiger partial charge in [0.05, 0.1) is 35.9 Å². The van der Waals surface area contributed by atoms with Crippen LogP contribution in [0, 0.1) is 11.3 Å². The summed E-state index contributed by atoms with van der Waals surface area (Å²) in [6, 6.07) is 7.16. The van der Waals surface area contributed by atoms with Crippen molar-refractivity contribution in [2.45, 2.75) is 50.4 Å². The Labute approximate surface area is 224 Å². The first-order valence-corrected chi connectivity index (χ1v) is 13.3. The number of amides is 1. The van der Waals surface area contributed by atoms with Crippen LogP contribution in [0.15, 0.2) is 34.6 Å². The van der Waals surface area contributed by atoms with Crippen LogP contribution in [0.1, 0.15) is 58.1 Å². The SMILES string of the molecule is C[C@H]1Cc2c(ccc([C@@H]3CN4CCN(C(=O)C5CCc6nc([NH2+]/C=N\N=N)ccc65)CC4CO3)c2F)C(=O)O1. The Morgan fingerprint density at radius 2 is 2.08 bits per heavy atom. The fourth-order valence-electron chi connectivity index (χ4n) is 6.22. The topological polar surface area (TPSA) is 137 Å². The summed E-state index contributed by atoms with van der Waals surface area (Å²) in [7, 11) is 0. The molecule has 39 heavy (non-hydrogen) atoms. The molecule has 0 bridgehead atoms. The molecule has 2 unspecified atom stereocenters. The third-order valence-corrected chi connectivity index (χ3v) is 8.19. The third-order valence-electron chi connectivity index (χ3n) is 8.19. The fourth-order valence-corrected chi connectivity index (χ4v) is 6.22. The molecule has 2 aromatic rings. The van der Waals surface area contributed by atoms with Crippen molar-refractivity contribution in [1.82, 2.24) is 14.8 Å². The van der Waals surface area contributed by atoms with Gasteiger partial charge in [-0.2, -0.15) is 5.53 Å². The van der Waals surface area contributed by atoms with Crippen molar-refractivity contribution >= 4 is 24.0 Å². The molecule has 4 atom stereocenters. The molecule has 1 amide bonds. The number of fused-ring (bicyclic) bond motifs is 3. The van der Waals surface area contributed by atoms with Crippen molar-refractivity contribution in [3.05, 3.63) is 58.0 Å². The molecule has 4 aliphatic rings. The van der Waals surface area contributed by atoms with E-state index in [1.54, 1.807) is 24.4 Å². The van der Waals surface area contributed by atoms with E-state index in [-0.39, 0.29) is 29.8 Å². The van der Waals surface area contributed by atoms with Gasteiger partial charge < -0.3 is 14.4 Å². The molecule has 0 saturated carbocycles. The van der Waals surface area contributed by atoms with Crippen LogP contribution in [0.5, 0.6) is 0 Å². The van der Waals surface area contributed by atoms with E-state index in [1.165, 1.54) is 6.34 Å². The number of rotatable bonds is 5. The van der Waals surface area contributed by atoms with Crippen molar-refractivity contribution in [3.63, 3.8) is 0 Å². The number of nitrogens with two attached hydrogens (primary N) is 1. The summed E-state index contributed by atoms with van der Waals surface area (Å²) in [6.45, 7) is 4.57. The Balaban J connectivity index is 1.10. The molecule has 3 N–H and O–H groups in total. The number of nitrogens with one attached hydrogen (secondary N) is 1. The molecular weight excluding hydrogens is 505 g/mol. The summed E-state index contributed by atoms with van der Waals surface area (Å²) in [5.74, 6) is -0.223. The quantitative estimate of drug-likeness (QED) is 0.197. The van der Waals surface area contributed by atoms with Crippen molar-refractivity contribution in [1.29, 1.82) is 5.53 Å². The van der Waals surface area contributed by atoms with Gasteiger partial charge in [0.1, 0.15) is 11.9 Å². The monoisotopic (exact) mass is 536 g/mol. The number of nitrogens with zero attached hydrogens (tertiary/aromatic N) is 5. The van der Waals surface area contributed by atoms with Crippen molar-refractivity contribution in [2.75, 3.05) is 32.8 Å². The molecule has 204 valence electrons. The lowest BCUT2D eigenvalue weighted by Gasteiger charge is -2.46. The van der Waals surface area contributed by atoms with E-state index in [4.69, 9.17) is 15.0 Å². The number of carbonyl (C=O) groups is 2. The summed E-state index contributed by atoms with van der Waals surface area (Å²) in [6.07, 6.45) is 2.46. The van der Waals surface area contributed by atoms with Crippen LogP contribution < -0.4 is 5.32 Å². The van der Waals surface area contributed by atoms with E-state index < -0.39 is 12.1 Å². The molecule has 11 nitrogen and oxygen atoms in total. The highest BCUT2D eigenvalue weighted by molar-refractivity contribution is 5.92. The number of aromatic nitrogens is 1. The number of morpholine rings is 1. The molecule has 1 aliphatic carbocycles. The maximum Gasteiger partial charge on any atom is 0.338 e. The number of pyridine rings is 1. The minimum Gasteiger partial charge on any atom is -0.459 e. The lowest BCUT2D eigenvalue weighted by atomic mass is 9.93. The normalized spacial score (nSPS) is 26.6. The lowest BCUT2D eigenvalue weighted by Crippen LogP contribution is -2.76. The summed E-state index contributed by atoms with van der Waals surface area (Å²) in [4.78, 5) is 34.6. The number of esters is 1. The maximum atomic E-state index is 15.5. The number of piperazine rings is 1. The maximum absolute atomic E-state index is 15.5. The number of hydrogen-bond acceptors (Lipinski definition) is 8. The molecule has 2 fully saturated rings. The van der Waals surface area contributed by atoms with Gasteiger partial charge in [-0.25, -0.2) is 14.2 Å². The number of aryl methyl sites for hydroxylation is 1. The number of hydrogen-bond donors (Lipinski definition) is 2. The van der Waals surface area contributed by atoms with Gasteiger partial charge in [-0.3, -0.25) is 15.0 Å². The fraction of sp³-hybridized carbons (Fsp3) is 0.481. The van der Waals surface area contributed by atoms with Crippen molar-refractivity contribution in [3.8, 4) is 0 Å². The second kappa shape index (κ2) is 10.5. The molecule has 0 spiro atoms. The summed E-state index contributed by atoms with van der Waals surface area (Å²) in [5.41, 5.74) is 9.80. The highest BCUT2D eigenvalue weighted by Gasteiger charge is 2.40. The molecular formula is C27H31FN7O4+. The zero-order valence-corrected chi connectivity index (χ0v) is 21.7. The lowest BCUT2D eigenvalue weighted by molar-refractivity contribution is -0.438. The van der Waals surface area contributed by atoms with Gasteiger partial charge in [-0.15, -0.1) is 0 Å². The molecule has 6 rings (SSSR count). The Kier molecular flexibility index (Phi) is 6.92. The van der Waals surface area contributed by atoms with Crippen LogP contribution >= 0.6 is 0 Å². The highest BCUT2D eigenvalue weighted by atomic mass is 19.1. The van der Waals surface area contributed by atoms with Gasteiger partial charge in [0, 0.05) is 49.8 Å². The Hall–Kier alpha value is -3.61. The largest absolute Gasteiger partial charge is 0.459 e. The summed E-state index contributed by atoms with van der Waals surface area (Å²) in [5, 5.41) is 8.14. The Morgan fingerprint density at radius 3 is 2.92 bits per heavy atom. The molecule has 4 heterocycles. The first-order chi connectivity index (χ1) is 18.9. The predicted octanol–water partition coefficient (Wildman–Crippen LogP) is 1.81.